The van der Waals surface area contributed by atoms with E-state index in [4.69, 9.17) is 9.15 Å². The Balaban J connectivity index is 1.81. The molecule has 2 aromatic rings. The van der Waals surface area contributed by atoms with Gasteiger partial charge >= 0.3 is 5.97 Å². The number of piperidine rings is 1. The quantitative estimate of drug-likeness (QED) is 0.937. The van der Waals surface area contributed by atoms with E-state index < -0.39 is 12.0 Å². The molecule has 1 N–H and O–H groups in total. The number of ether oxygens (including phenoxy) is 1. The predicted octanol–water partition coefficient (Wildman–Crippen LogP) is 2.88. The second kappa shape index (κ2) is 5.77. The topological polar surface area (TPSA) is 62.9 Å². The number of furan rings is 1. The molecule has 1 saturated heterocycles. The molecule has 1 aromatic heterocycles. The molecule has 1 aliphatic rings. The summed E-state index contributed by atoms with van der Waals surface area (Å²) in [5.74, 6) is 0.843. The first-order chi connectivity index (χ1) is 10.2. The van der Waals surface area contributed by atoms with Crippen LogP contribution in [0.5, 0.6) is 5.75 Å². The molecule has 21 heavy (non-hydrogen) atoms. The van der Waals surface area contributed by atoms with Gasteiger partial charge in [-0.1, -0.05) is 6.42 Å². The van der Waals surface area contributed by atoms with Crippen molar-refractivity contribution < 1.29 is 19.1 Å². The summed E-state index contributed by atoms with van der Waals surface area (Å²) in [4.78, 5) is 13.3. The molecule has 0 amide bonds. The number of carboxylic acids is 1. The monoisotopic (exact) mass is 289 g/mol. The second-order valence-electron chi connectivity index (χ2n) is 5.44. The van der Waals surface area contributed by atoms with E-state index in [2.05, 4.69) is 0 Å². The molecule has 5 heteroatoms. The van der Waals surface area contributed by atoms with Crippen molar-refractivity contribution in [2.75, 3.05) is 13.7 Å². The molecule has 0 saturated carbocycles. The standard InChI is InChI=1S/C16H19NO4/c1-20-12-5-6-15-11(8-12)9-13(21-15)10-17-7-3-2-4-14(17)16(18)19/h5-6,8-9,14H,2-4,7,10H2,1H3,(H,18,19). The lowest BCUT2D eigenvalue weighted by Gasteiger charge is -2.31. The Morgan fingerprint density at radius 1 is 1.43 bits per heavy atom. The summed E-state index contributed by atoms with van der Waals surface area (Å²) in [6.07, 6.45) is 2.73. The molecule has 1 fully saturated rings. The predicted molar refractivity (Wildman–Crippen MR) is 78.5 cm³/mol. The van der Waals surface area contributed by atoms with Crippen LogP contribution in [0, 0.1) is 0 Å². The average Bonchev–Trinajstić information content (AvgIpc) is 2.88. The van der Waals surface area contributed by atoms with Crippen LogP contribution in [0.2, 0.25) is 0 Å². The average molecular weight is 289 g/mol. The molecule has 1 aromatic carbocycles. The summed E-state index contributed by atoms with van der Waals surface area (Å²) in [6.45, 7) is 1.34. The van der Waals surface area contributed by atoms with Crippen LogP contribution >= 0.6 is 0 Å². The van der Waals surface area contributed by atoms with Gasteiger partial charge in [-0.15, -0.1) is 0 Å². The van der Waals surface area contributed by atoms with Gasteiger partial charge in [0.2, 0.25) is 0 Å². The van der Waals surface area contributed by atoms with Crippen molar-refractivity contribution in [3.8, 4) is 5.75 Å². The van der Waals surface area contributed by atoms with E-state index in [9.17, 15) is 9.90 Å². The second-order valence-corrected chi connectivity index (χ2v) is 5.44. The van der Waals surface area contributed by atoms with Crippen LogP contribution in [0.4, 0.5) is 0 Å². The van der Waals surface area contributed by atoms with Crippen LogP contribution in [0.1, 0.15) is 25.0 Å². The zero-order valence-corrected chi connectivity index (χ0v) is 12.0. The highest BCUT2D eigenvalue weighted by atomic mass is 16.5. The minimum absolute atomic E-state index is 0.401. The summed E-state index contributed by atoms with van der Waals surface area (Å²) < 4.78 is 11.0. The molecule has 1 unspecified atom stereocenters. The molecule has 1 atom stereocenters. The molecule has 0 aliphatic carbocycles. The van der Waals surface area contributed by atoms with E-state index in [-0.39, 0.29) is 0 Å². The number of hydrogen-bond acceptors (Lipinski definition) is 4. The minimum Gasteiger partial charge on any atom is -0.497 e. The molecular formula is C16H19NO4. The number of hydrogen-bond donors (Lipinski definition) is 1. The van der Waals surface area contributed by atoms with Gasteiger partial charge < -0.3 is 14.3 Å². The Kier molecular flexibility index (Phi) is 3.84. The lowest BCUT2D eigenvalue weighted by Crippen LogP contribution is -2.43. The third-order valence-electron chi connectivity index (χ3n) is 4.03. The maximum atomic E-state index is 11.3. The fourth-order valence-electron chi connectivity index (χ4n) is 2.94. The maximum Gasteiger partial charge on any atom is 0.320 e. The third kappa shape index (κ3) is 2.88. The molecule has 3 rings (SSSR count). The summed E-state index contributed by atoms with van der Waals surface area (Å²) in [5, 5.41) is 10.3. The number of fused-ring (bicyclic) bond motifs is 1. The van der Waals surface area contributed by atoms with E-state index in [0.29, 0.717) is 13.0 Å². The molecule has 5 nitrogen and oxygen atoms in total. The van der Waals surface area contributed by atoms with Crippen LogP contribution in [-0.2, 0) is 11.3 Å². The van der Waals surface area contributed by atoms with Crippen LogP contribution in [-0.4, -0.2) is 35.7 Å². The van der Waals surface area contributed by atoms with E-state index in [1.165, 1.54) is 0 Å². The fraction of sp³-hybridized carbons (Fsp3) is 0.438. The zero-order chi connectivity index (χ0) is 14.8. The Labute approximate surface area is 123 Å². The van der Waals surface area contributed by atoms with Gasteiger partial charge in [0, 0.05) is 5.39 Å². The summed E-state index contributed by atoms with van der Waals surface area (Å²) in [7, 11) is 1.63. The van der Waals surface area contributed by atoms with Crippen molar-refractivity contribution in [1.29, 1.82) is 0 Å². The fourth-order valence-corrected chi connectivity index (χ4v) is 2.94. The molecule has 0 spiro atoms. The lowest BCUT2D eigenvalue weighted by molar-refractivity contribution is -0.144. The largest absolute Gasteiger partial charge is 0.497 e. The first-order valence-electron chi connectivity index (χ1n) is 7.20. The number of rotatable bonds is 4. The molecule has 0 radical (unpaired) electrons. The number of nitrogens with zero attached hydrogens (tertiary/aromatic N) is 1. The number of carbonyl (C=O) groups is 1. The van der Waals surface area contributed by atoms with E-state index in [1.807, 2.05) is 29.2 Å². The normalized spacial score (nSPS) is 19.8. The number of likely N-dealkylation sites (tertiary alicyclic amines) is 1. The van der Waals surface area contributed by atoms with Gasteiger partial charge in [-0.25, -0.2) is 0 Å². The summed E-state index contributed by atoms with van der Waals surface area (Å²) >= 11 is 0. The van der Waals surface area contributed by atoms with Crippen molar-refractivity contribution in [3.05, 3.63) is 30.0 Å². The Morgan fingerprint density at radius 3 is 3.05 bits per heavy atom. The van der Waals surface area contributed by atoms with Crippen molar-refractivity contribution in [2.45, 2.75) is 31.8 Å². The van der Waals surface area contributed by atoms with Gasteiger partial charge in [-0.2, -0.15) is 0 Å². The maximum absolute atomic E-state index is 11.3. The lowest BCUT2D eigenvalue weighted by atomic mass is 10.0. The van der Waals surface area contributed by atoms with Crippen LogP contribution in [0.25, 0.3) is 11.0 Å². The number of benzene rings is 1. The van der Waals surface area contributed by atoms with Crippen LogP contribution in [0.15, 0.2) is 28.7 Å². The van der Waals surface area contributed by atoms with Gasteiger partial charge in [0.1, 0.15) is 23.1 Å². The van der Waals surface area contributed by atoms with Gasteiger partial charge in [0.15, 0.2) is 0 Å². The summed E-state index contributed by atoms with van der Waals surface area (Å²) in [6, 6.07) is 7.22. The highest BCUT2D eigenvalue weighted by Gasteiger charge is 2.28. The van der Waals surface area contributed by atoms with Crippen LogP contribution < -0.4 is 4.74 Å². The first kappa shape index (κ1) is 13.9. The zero-order valence-electron chi connectivity index (χ0n) is 12.0. The molecule has 2 heterocycles. The van der Waals surface area contributed by atoms with E-state index in [0.717, 1.165) is 41.9 Å². The van der Waals surface area contributed by atoms with Crippen LogP contribution in [0.3, 0.4) is 0 Å². The molecule has 0 bridgehead atoms. The first-order valence-corrected chi connectivity index (χ1v) is 7.20. The van der Waals surface area contributed by atoms with Crippen molar-refractivity contribution in [1.82, 2.24) is 4.90 Å². The van der Waals surface area contributed by atoms with Gasteiger partial charge in [0.25, 0.3) is 0 Å². The molecule has 112 valence electrons. The van der Waals surface area contributed by atoms with Gasteiger partial charge in [0.05, 0.1) is 13.7 Å². The van der Waals surface area contributed by atoms with E-state index in [1.54, 1.807) is 7.11 Å². The van der Waals surface area contributed by atoms with Gasteiger partial charge in [-0.3, -0.25) is 9.69 Å². The van der Waals surface area contributed by atoms with Crippen molar-refractivity contribution >= 4 is 16.9 Å². The minimum atomic E-state index is -0.743. The number of carboxylic acid groups (broad SMARTS) is 1. The SMILES string of the molecule is COc1ccc2oc(CN3CCCCC3C(=O)O)cc2c1. The number of methoxy groups -OCH3 is 1. The third-order valence-corrected chi connectivity index (χ3v) is 4.03. The Hall–Kier alpha value is -2.01. The Morgan fingerprint density at radius 2 is 2.29 bits per heavy atom. The van der Waals surface area contributed by atoms with Gasteiger partial charge in [-0.05, 0) is 43.7 Å². The number of aliphatic carboxylic acids is 1. The van der Waals surface area contributed by atoms with Crippen molar-refractivity contribution in [3.63, 3.8) is 0 Å². The highest BCUT2D eigenvalue weighted by molar-refractivity contribution is 5.79. The van der Waals surface area contributed by atoms with Crippen molar-refractivity contribution in [2.24, 2.45) is 0 Å². The molecular weight excluding hydrogens is 270 g/mol. The smallest absolute Gasteiger partial charge is 0.320 e. The van der Waals surface area contributed by atoms with E-state index >= 15 is 0 Å². The highest BCUT2D eigenvalue weighted by Crippen LogP contribution is 2.26. The molecule has 1 aliphatic heterocycles. The summed E-state index contributed by atoms with van der Waals surface area (Å²) in [5.41, 5.74) is 0.801. The Bertz CT molecular complexity index is 649.